The van der Waals surface area contributed by atoms with Crippen LogP contribution < -0.4 is 26.4 Å². The first-order chi connectivity index (χ1) is 28.2. The normalized spacial score (nSPS) is 18.2. The number of aromatic nitrogens is 1. The molecule has 16 heteroatoms. The zero-order chi connectivity index (χ0) is 44.0. The summed E-state index contributed by atoms with van der Waals surface area (Å²) in [5.74, 6) is -1.25. The third-order valence-corrected chi connectivity index (χ3v) is 12.0. The van der Waals surface area contributed by atoms with Crippen molar-refractivity contribution in [1.29, 1.82) is 0 Å². The molecule has 14 nitrogen and oxygen atoms in total. The molecule has 0 spiro atoms. The summed E-state index contributed by atoms with van der Waals surface area (Å²) in [7, 11) is 0. The highest BCUT2D eigenvalue weighted by Gasteiger charge is 2.50. The van der Waals surface area contributed by atoms with Gasteiger partial charge < -0.3 is 41.2 Å². The maximum atomic E-state index is 14.2. The Balaban J connectivity index is 1.17. The Morgan fingerprint density at radius 2 is 1.73 bits per heavy atom. The smallest absolute Gasteiger partial charge is 0.407 e. The zero-order valence-electron chi connectivity index (χ0n) is 35.6. The summed E-state index contributed by atoms with van der Waals surface area (Å²) in [4.78, 5) is 72.3. The van der Waals surface area contributed by atoms with Crippen molar-refractivity contribution in [3.8, 4) is 16.2 Å². The Labute approximate surface area is 361 Å². The average Bonchev–Trinajstić information content (AvgIpc) is 3.63. The van der Waals surface area contributed by atoms with E-state index in [1.807, 2.05) is 63.5 Å². The highest BCUT2D eigenvalue weighted by Crippen LogP contribution is 2.46. The number of aliphatic hydroxyl groups is 1. The van der Waals surface area contributed by atoms with Gasteiger partial charge in [-0.3, -0.25) is 19.2 Å². The fourth-order valence-electron chi connectivity index (χ4n) is 7.28. The van der Waals surface area contributed by atoms with E-state index < -0.39 is 58.7 Å². The molecule has 2 aliphatic rings. The molecule has 1 aromatic heterocycles. The van der Waals surface area contributed by atoms with Gasteiger partial charge in [-0.15, -0.1) is 11.3 Å². The molecule has 326 valence electrons. The van der Waals surface area contributed by atoms with Gasteiger partial charge in [-0.2, -0.15) is 0 Å². The Morgan fingerprint density at radius 3 is 2.33 bits per heavy atom. The lowest BCUT2D eigenvalue weighted by Crippen LogP contribution is -2.58. The van der Waals surface area contributed by atoms with E-state index in [0.29, 0.717) is 23.6 Å². The third-order valence-electron chi connectivity index (χ3n) is 10.6. The van der Waals surface area contributed by atoms with Crippen molar-refractivity contribution < 1.29 is 38.6 Å². The maximum absolute atomic E-state index is 14.2. The monoisotopic (exact) mass is 866 g/mol. The number of hydrogen-bond donors (Lipinski definition) is 5. The van der Waals surface area contributed by atoms with E-state index in [-0.39, 0.29) is 50.6 Å². The predicted octanol–water partition coefficient (Wildman–Crippen LogP) is 5.93. The Morgan fingerprint density at radius 1 is 1.03 bits per heavy atom. The minimum absolute atomic E-state index is 0.000129. The first-order valence-corrected chi connectivity index (χ1v) is 21.7. The van der Waals surface area contributed by atoms with Gasteiger partial charge in [0.25, 0.3) is 0 Å². The molecule has 4 atom stereocenters. The van der Waals surface area contributed by atoms with E-state index in [2.05, 4.69) is 20.9 Å². The molecular weight excluding hydrogens is 808 g/mol. The third kappa shape index (κ3) is 12.4. The highest BCUT2D eigenvalue weighted by molar-refractivity contribution is 7.13. The summed E-state index contributed by atoms with van der Waals surface area (Å²) in [6, 6.07) is 11.0. The number of β-amino-alcohol motifs (C(OH)–C–C–N with tert-alkyl or cyclic N) is 1. The second kappa shape index (κ2) is 19.3. The van der Waals surface area contributed by atoms with Crippen LogP contribution in [0.2, 0.25) is 5.02 Å². The Bertz CT molecular complexity index is 2020. The first-order valence-electron chi connectivity index (χ1n) is 20.4. The van der Waals surface area contributed by atoms with Crippen LogP contribution in [0.15, 0.2) is 48.0 Å². The standard InChI is InChI=1S/C44H59ClN6O8S/c1-26-37(60-25-47-26)28-14-16-29(17-15-28)44(20-21-44)50-39(55)32-22-31(52)23-51(32)40(56)38(42(2,3)4)49-35(54)13-9-11-27-10-8-12-33(36(27)45)58-24-30(18-19-34(46)53)48-41(57)59-43(5,6)7/h8,10,12,14-17,25,30-32,38,52H,9,11,13,18-24H2,1-7H3,(H2,46,53)(H,48,57)(H,49,54)(H,50,55)/t30?,31-,32+,38?/m1/s1. The molecule has 5 amide bonds. The molecular formula is C44H59ClN6O8S. The second-order valence-corrected chi connectivity index (χ2v) is 19.2. The summed E-state index contributed by atoms with van der Waals surface area (Å²) >= 11 is 8.31. The predicted molar refractivity (Wildman–Crippen MR) is 230 cm³/mol. The number of carbonyl (C=O) groups is 5. The molecule has 6 N–H and O–H groups in total. The number of amides is 5. The molecule has 2 aromatic carbocycles. The number of hydrogen-bond acceptors (Lipinski definition) is 10. The molecule has 1 saturated heterocycles. The number of nitrogens with zero attached hydrogens (tertiary/aromatic N) is 2. The van der Waals surface area contributed by atoms with E-state index >= 15 is 0 Å². The first kappa shape index (κ1) is 46.3. The lowest BCUT2D eigenvalue weighted by Gasteiger charge is -2.35. The van der Waals surface area contributed by atoms with E-state index in [9.17, 15) is 29.1 Å². The molecule has 0 radical (unpaired) electrons. The Hall–Kier alpha value is -4.73. The molecule has 5 rings (SSSR count). The lowest BCUT2D eigenvalue weighted by molar-refractivity contribution is -0.144. The van der Waals surface area contributed by atoms with Gasteiger partial charge >= 0.3 is 6.09 Å². The summed E-state index contributed by atoms with van der Waals surface area (Å²) in [6.07, 6.45) is 1.26. The number of nitrogens with one attached hydrogen (secondary N) is 3. The van der Waals surface area contributed by atoms with Gasteiger partial charge in [0, 0.05) is 25.8 Å². The summed E-state index contributed by atoms with van der Waals surface area (Å²) in [5.41, 5.74) is 8.94. The molecule has 1 aliphatic carbocycles. The van der Waals surface area contributed by atoms with E-state index in [1.54, 1.807) is 44.2 Å². The van der Waals surface area contributed by atoms with Crippen LogP contribution >= 0.6 is 22.9 Å². The second-order valence-electron chi connectivity index (χ2n) is 17.9. The quantitative estimate of drug-likeness (QED) is 0.109. The number of nitrogens with two attached hydrogens (primary N) is 1. The van der Waals surface area contributed by atoms with Crippen molar-refractivity contribution in [2.24, 2.45) is 11.1 Å². The van der Waals surface area contributed by atoms with E-state index in [4.69, 9.17) is 26.8 Å². The minimum Gasteiger partial charge on any atom is -0.490 e. The number of thiazole rings is 1. The number of aryl methyl sites for hydroxylation is 2. The summed E-state index contributed by atoms with van der Waals surface area (Å²) in [5, 5.41) is 19.9. The van der Waals surface area contributed by atoms with Crippen molar-refractivity contribution >= 4 is 52.7 Å². The fraction of sp³-hybridized carbons (Fsp3) is 0.545. The van der Waals surface area contributed by atoms with Gasteiger partial charge in [0.15, 0.2) is 0 Å². The van der Waals surface area contributed by atoms with E-state index in [0.717, 1.165) is 40.1 Å². The number of ether oxygens (including phenoxy) is 2. The highest BCUT2D eigenvalue weighted by atomic mass is 35.5. The number of carbonyl (C=O) groups excluding carboxylic acids is 5. The molecule has 0 bridgehead atoms. The molecule has 60 heavy (non-hydrogen) atoms. The van der Waals surface area contributed by atoms with Gasteiger partial charge in [-0.25, -0.2) is 9.78 Å². The molecule has 2 unspecified atom stereocenters. The molecule has 2 fully saturated rings. The number of primary amides is 1. The van der Waals surface area contributed by atoms with Crippen molar-refractivity contribution in [3.05, 3.63) is 69.8 Å². The van der Waals surface area contributed by atoms with Crippen LogP contribution in [-0.2, 0) is 35.9 Å². The van der Waals surface area contributed by atoms with Crippen LogP contribution in [0.5, 0.6) is 5.75 Å². The topological polar surface area (TPSA) is 202 Å². The number of alkyl carbamates (subject to hydrolysis) is 1. The van der Waals surface area contributed by atoms with Crippen molar-refractivity contribution in [1.82, 2.24) is 25.8 Å². The summed E-state index contributed by atoms with van der Waals surface area (Å²) < 4.78 is 11.3. The largest absolute Gasteiger partial charge is 0.490 e. The van der Waals surface area contributed by atoms with Crippen LogP contribution in [0.3, 0.4) is 0 Å². The summed E-state index contributed by atoms with van der Waals surface area (Å²) in [6.45, 7) is 12.7. The Kier molecular flexibility index (Phi) is 14.9. The fourth-order valence-corrected chi connectivity index (χ4v) is 8.37. The number of halogens is 1. The van der Waals surface area contributed by atoms with Crippen LogP contribution in [0.4, 0.5) is 4.79 Å². The van der Waals surface area contributed by atoms with Gasteiger partial charge in [-0.05, 0) is 88.0 Å². The van der Waals surface area contributed by atoms with Crippen LogP contribution in [-0.4, -0.2) is 87.7 Å². The number of rotatable bonds is 17. The van der Waals surface area contributed by atoms with Gasteiger partial charge in [0.2, 0.25) is 23.6 Å². The van der Waals surface area contributed by atoms with E-state index in [1.165, 1.54) is 4.90 Å². The van der Waals surface area contributed by atoms with Gasteiger partial charge in [0.1, 0.15) is 30.0 Å². The van der Waals surface area contributed by atoms with Crippen LogP contribution in [0.25, 0.3) is 10.4 Å². The van der Waals surface area contributed by atoms with Crippen molar-refractivity contribution in [2.45, 2.75) is 135 Å². The lowest BCUT2D eigenvalue weighted by atomic mass is 9.85. The molecule has 3 aromatic rings. The maximum Gasteiger partial charge on any atom is 0.407 e. The SMILES string of the molecule is Cc1ncsc1-c1ccc(C2(NC(=O)[C@@H]3C[C@@H](O)CN3C(=O)C(NC(=O)CCCc3cccc(OCC(CCC(N)=O)NC(=O)OC(C)(C)C)c3Cl)C(C)(C)C)CC2)cc1. The van der Waals surface area contributed by atoms with Crippen LogP contribution in [0.1, 0.15) is 103 Å². The minimum atomic E-state index is -0.958. The average molecular weight is 868 g/mol. The molecule has 1 aliphatic heterocycles. The number of likely N-dealkylation sites (tertiary alicyclic amines) is 1. The number of aliphatic hydroxyl groups excluding tert-OH is 1. The van der Waals surface area contributed by atoms with Crippen molar-refractivity contribution in [3.63, 3.8) is 0 Å². The van der Waals surface area contributed by atoms with Gasteiger partial charge in [0.05, 0.1) is 38.8 Å². The van der Waals surface area contributed by atoms with Crippen LogP contribution in [0, 0.1) is 12.3 Å². The molecule has 2 heterocycles. The number of benzene rings is 2. The van der Waals surface area contributed by atoms with Crippen molar-refractivity contribution in [2.75, 3.05) is 13.2 Å². The van der Waals surface area contributed by atoms with Gasteiger partial charge in [-0.1, -0.05) is 68.8 Å². The zero-order valence-corrected chi connectivity index (χ0v) is 37.1. The molecule has 1 saturated carbocycles.